The fourth-order valence-electron chi connectivity index (χ4n) is 1.95. The van der Waals surface area contributed by atoms with Gasteiger partial charge in [-0.15, -0.1) is 0 Å². The quantitative estimate of drug-likeness (QED) is 0.798. The second kappa shape index (κ2) is 5.46. The van der Waals surface area contributed by atoms with Crippen LogP contribution >= 0.6 is 0 Å². The van der Waals surface area contributed by atoms with E-state index in [0.717, 1.165) is 5.56 Å². The first-order valence-electron chi connectivity index (χ1n) is 5.78. The molecule has 1 aliphatic heterocycles. The van der Waals surface area contributed by atoms with Crippen molar-refractivity contribution >= 4 is 5.97 Å². The minimum Gasteiger partial charge on any atom is -0.468 e. The average Bonchev–Trinajstić information content (AvgIpc) is 2.32. The van der Waals surface area contributed by atoms with Crippen molar-refractivity contribution < 1.29 is 18.7 Å². The highest BCUT2D eigenvalue weighted by Crippen LogP contribution is 2.28. The van der Waals surface area contributed by atoms with E-state index < -0.39 is 5.41 Å². The van der Waals surface area contributed by atoms with Gasteiger partial charge >= 0.3 is 5.97 Å². The Morgan fingerprint density at radius 3 is 2.89 bits per heavy atom. The molecular weight excluding hydrogens is 237 g/mol. The van der Waals surface area contributed by atoms with E-state index in [9.17, 15) is 9.18 Å². The lowest BCUT2D eigenvalue weighted by molar-refractivity contribution is -0.182. The monoisotopic (exact) mass is 253 g/mol. The van der Waals surface area contributed by atoms with Crippen molar-refractivity contribution in [2.45, 2.75) is 6.54 Å². The molecule has 1 N–H and O–H groups in total. The fourth-order valence-corrected chi connectivity index (χ4v) is 1.95. The highest BCUT2D eigenvalue weighted by Gasteiger charge is 2.46. The predicted molar refractivity (Wildman–Crippen MR) is 63.4 cm³/mol. The van der Waals surface area contributed by atoms with Crippen molar-refractivity contribution in [2.75, 3.05) is 26.9 Å². The zero-order chi connectivity index (χ0) is 13.0. The molecular formula is C13H16FNO3. The van der Waals surface area contributed by atoms with Crippen LogP contribution in [0.5, 0.6) is 0 Å². The van der Waals surface area contributed by atoms with Crippen LogP contribution in [0.2, 0.25) is 0 Å². The van der Waals surface area contributed by atoms with Gasteiger partial charge in [-0.3, -0.25) is 4.79 Å². The zero-order valence-corrected chi connectivity index (χ0v) is 10.2. The summed E-state index contributed by atoms with van der Waals surface area (Å²) in [5.41, 5.74) is 0.262. The average molecular weight is 253 g/mol. The Balaban J connectivity index is 1.86. The number of esters is 1. The number of hydrogen-bond donors (Lipinski definition) is 1. The smallest absolute Gasteiger partial charge is 0.317 e. The van der Waals surface area contributed by atoms with E-state index in [1.54, 1.807) is 6.07 Å². The van der Waals surface area contributed by atoms with Crippen molar-refractivity contribution in [1.29, 1.82) is 0 Å². The Labute approximate surface area is 105 Å². The number of carbonyl (C=O) groups is 1. The van der Waals surface area contributed by atoms with E-state index >= 15 is 0 Å². The van der Waals surface area contributed by atoms with Crippen molar-refractivity contribution in [3.8, 4) is 0 Å². The zero-order valence-electron chi connectivity index (χ0n) is 10.2. The Morgan fingerprint density at radius 2 is 2.33 bits per heavy atom. The van der Waals surface area contributed by atoms with Crippen LogP contribution in [0.3, 0.4) is 0 Å². The molecule has 0 bridgehead atoms. The number of hydrogen-bond acceptors (Lipinski definition) is 4. The molecule has 0 atom stereocenters. The predicted octanol–water partition coefficient (Wildman–Crippen LogP) is 1.10. The van der Waals surface area contributed by atoms with E-state index in [0.29, 0.717) is 26.3 Å². The van der Waals surface area contributed by atoms with Gasteiger partial charge in [-0.25, -0.2) is 4.39 Å². The van der Waals surface area contributed by atoms with Crippen LogP contribution in [0.25, 0.3) is 0 Å². The second-order valence-corrected chi connectivity index (χ2v) is 4.50. The van der Waals surface area contributed by atoms with Crippen LogP contribution < -0.4 is 5.32 Å². The normalized spacial score (nSPS) is 17.0. The highest BCUT2D eigenvalue weighted by atomic mass is 19.1. The first-order chi connectivity index (χ1) is 8.66. The van der Waals surface area contributed by atoms with Gasteiger partial charge in [-0.1, -0.05) is 12.1 Å². The molecule has 1 saturated heterocycles. The third kappa shape index (κ3) is 2.68. The minimum absolute atomic E-state index is 0.260. The molecule has 0 aromatic heterocycles. The summed E-state index contributed by atoms with van der Waals surface area (Å²) >= 11 is 0. The molecule has 1 aliphatic rings. The summed E-state index contributed by atoms with van der Waals surface area (Å²) < 4.78 is 22.8. The Morgan fingerprint density at radius 1 is 1.56 bits per heavy atom. The van der Waals surface area contributed by atoms with Crippen LogP contribution in [0.4, 0.5) is 4.39 Å². The summed E-state index contributed by atoms with van der Waals surface area (Å²) in [5, 5.41) is 3.14. The summed E-state index contributed by atoms with van der Waals surface area (Å²) in [6.45, 7) is 1.72. The van der Waals surface area contributed by atoms with Crippen LogP contribution in [0.1, 0.15) is 5.56 Å². The van der Waals surface area contributed by atoms with E-state index in [2.05, 4.69) is 5.32 Å². The fraction of sp³-hybridized carbons (Fsp3) is 0.462. The molecule has 1 fully saturated rings. The Hall–Kier alpha value is -1.46. The third-order valence-corrected chi connectivity index (χ3v) is 3.06. The summed E-state index contributed by atoms with van der Waals surface area (Å²) in [5.74, 6) is -0.524. The highest BCUT2D eigenvalue weighted by molar-refractivity contribution is 5.78. The molecule has 4 nitrogen and oxygen atoms in total. The van der Waals surface area contributed by atoms with Crippen molar-refractivity contribution in [3.05, 3.63) is 35.6 Å². The summed E-state index contributed by atoms with van der Waals surface area (Å²) in [6.07, 6.45) is 0. The number of ether oxygens (including phenoxy) is 2. The first-order valence-corrected chi connectivity index (χ1v) is 5.78. The minimum atomic E-state index is -0.581. The summed E-state index contributed by atoms with van der Waals surface area (Å²) in [6, 6.07) is 6.36. The molecule has 18 heavy (non-hydrogen) atoms. The van der Waals surface area contributed by atoms with Gasteiger partial charge in [0.05, 0.1) is 20.3 Å². The number of halogens is 1. The van der Waals surface area contributed by atoms with Crippen LogP contribution in [-0.4, -0.2) is 32.8 Å². The van der Waals surface area contributed by atoms with Gasteiger partial charge in [-0.05, 0) is 17.7 Å². The standard InChI is InChI=1S/C13H16FNO3/c1-17-12(16)13(8-18-9-13)7-15-6-10-3-2-4-11(14)5-10/h2-5,15H,6-9H2,1H3. The van der Waals surface area contributed by atoms with Gasteiger partial charge < -0.3 is 14.8 Å². The van der Waals surface area contributed by atoms with Gasteiger partial charge in [0.15, 0.2) is 0 Å². The first kappa shape index (κ1) is 13.0. The van der Waals surface area contributed by atoms with E-state index in [1.165, 1.54) is 19.2 Å². The summed E-state index contributed by atoms with van der Waals surface area (Å²) in [7, 11) is 1.37. The molecule has 0 saturated carbocycles. The largest absolute Gasteiger partial charge is 0.468 e. The lowest BCUT2D eigenvalue weighted by Crippen LogP contribution is -2.55. The Bertz CT molecular complexity index is 432. The maximum absolute atomic E-state index is 13.0. The Kier molecular flexibility index (Phi) is 3.93. The second-order valence-electron chi connectivity index (χ2n) is 4.50. The van der Waals surface area contributed by atoms with Gasteiger partial charge in [0.1, 0.15) is 11.2 Å². The molecule has 1 heterocycles. The van der Waals surface area contributed by atoms with E-state index in [1.807, 2.05) is 6.07 Å². The molecule has 1 aromatic carbocycles. The molecule has 1 aromatic rings. The topological polar surface area (TPSA) is 47.6 Å². The molecule has 0 unspecified atom stereocenters. The number of benzene rings is 1. The SMILES string of the molecule is COC(=O)C1(CNCc2cccc(F)c2)COC1. The lowest BCUT2D eigenvalue weighted by Gasteiger charge is -2.38. The molecule has 98 valence electrons. The summed E-state index contributed by atoms with van der Waals surface area (Å²) in [4.78, 5) is 11.6. The molecule has 0 aliphatic carbocycles. The van der Waals surface area contributed by atoms with E-state index in [4.69, 9.17) is 9.47 Å². The molecule has 0 amide bonds. The third-order valence-electron chi connectivity index (χ3n) is 3.06. The van der Waals surface area contributed by atoms with Gasteiger partial charge in [-0.2, -0.15) is 0 Å². The van der Waals surface area contributed by atoms with Crippen molar-refractivity contribution in [2.24, 2.45) is 5.41 Å². The number of methoxy groups -OCH3 is 1. The number of rotatable bonds is 5. The molecule has 0 spiro atoms. The number of nitrogens with one attached hydrogen (secondary N) is 1. The van der Waals surface area contributed by atoms with Crippen molar-refractivity contribution in [1.82, 2.24) is 5.32 Å². The molecule has 0 radical (unpaired) electrons. The van der Waals surface area contributed by atoms with Crippen molar-refractivity contribution in [3.63, 3.8) is 0 Å². The van der Waals surface area contributed by atoms with Gasteiger partial charge in [0.25, 0.3) is 0 Å². The molecule has 2 rings (SSSR count). The molecule has 5 heteroatoms. The number of carbonyl (C=O) groups excluding carboxylic acids is 1. The van der Waals surface area contributed by atoms with Crippen LogP contribution in [-0.2, 0) is 20.8 Å². The lowest BCUT2D eigenvalue weighted by atomic mass is 9.86. The maximum Gasteiger partial charge on any atom is 0.317 e. The van der Waals surface area contributed by atoms with Crippen LogP contribution in [0, 0.1) is 11.2 Å². The van der Waals surface area contributed by atoms with Gasteiger partial charge in [0, 0.05) is 13.1 Å². The van der Waals surface area contributed by atoms with Gasteiger partial charge in [0.2, 0.25) is 0 Å². The van der Waals surface area contributed by atoms with E-state index in [-0.39, 0.29) is 11.8 Å². The maximum atomic E-state index is 13.0. The van der Waals surface area contributed by atoms with Crippen LogP contribution in [0.15, 0.2) is 24.3 Å².